The van der Waals surface area contributed by atoms with Crippen LogP contribution in [0.25, 0.3) is 0 Å². The molecule has 4 heteroatoms. The summed E-state index contributed by atoms with van der Waals surface area (Å²) in [4.78, 5) is 0. The maximum absolute atomic E-state index is 6.34. The summed E-state index contributed by atoms with van der Waals surface area (Å²) in [5, 5.41) is 4.45. The Balaban J connectivity index is 2.21. The third-order valence-corrected chi connectivity index (χ3v) is 4.61. The van der Waals surface area contributed by atoms with Gasteiger partial charge in [-0.1, -0.05) is 36.7 Å². The first kappa shape index (κ1) is 16.8. The largest absolute Gasteiger partial charge is 0.381 e. The number of hydrogen-bond acceptors (Lipinski definition) is 3. The fourth-order valence-corrected chi connectivity index (χ4v) is 3.39. The summed E-state index contributed by atoms with van der Waals surface area (Å²) in [7, 11) is 0. The van der Waals surface area contributed by atoms with Gasteiger partial charge in [0.1, 0.15) is 0 Å². The Hall–Kier alpha value is -0.610. The average molecular weight is 312 g/mol. The normalized spacial score (nSPS) is 19.4. The SMILES string of the molecule is CCNC(Cc1ccccc1Cl)C1(OCC)CCOCC1. The van der Waals surface area contributed by atoms with Crippen molar-refractivity contribution in [3.05, 3.63) is 34.9 Å². The Bertz CT molecular complexity index is 427. The first-order valence-electron chi connectivity index (χ1n) is 7.90. The van der Waals surface area contributed by atoms with Crippen molar-refractivity contribution in [2.45, 2.75) is 44.8 Å². The molecule has 1 saturated heterocycles. The molecule has 1 N–H and O–H groups in total. The lowest BCUT2D eigenvalue weighted by Crippen LogP contribution is -2.56. The number of rotatable bonds is 7. The van der Waals surface area contributed by atoms with E-state index in [9.17, 15) is 0 Å². The highest BCUT2D eigenvalue weighted by Gasteiger charge is 2.40. The van der Waals surface area contributed by atoms with Gasteiger partial charge >= 0.3 is 0 Å². The minimum Gasteiger partial charge on any atom is -0.381 e. The third-order valence-electron chi connectivity index (χ3n) is 4.24. The smallest absolute Gasteiger partial charge is 0.0881 e. The van der Waals surface area contributed by atoms with Crippen LogP contribution < -0.4 is 5.32 Å². The highest BCUT2D eigenvalue weighted by molar-refractivity contribution is 6.31. The fraction of sp³-hybridized carbons (Fsp3) is 0.647. The van der Waals surface area contributed by atoms with Crippen molar-refractivity contribution in [3.63, 3.8) is 0 Å². The topological polar surface area (TPSA) is 30.5 Å². The van der Waals surface area contributed by atoms with Gasteiger partial charge in [0.05, 0.1) is 5.60 Å². The summed E-state index contributed by atoms with van der Waals surface area (Å²) in [6.07, 6.45) is 2.75. The van der Waals surface area contributed by atoms with E-state index >= 15 is 0 Å². The minimum absolute atomic E-state index is 0.151. The lowest BCUT2D eigenvalue weighted by atomic mass is 9.82. The Kier molecular flexibility index (Phi) is 6.49. The van der Waals surface area contributed by atoms with Crippen molar-refractivity contribution in [1.29, 1.82) is 0 Å². The first-order valence-corrected chi connectivity index (χ1v) is 8.28. The summed E-state index contributed by atoms with van der Waals surface area (Å²) in [5.74, 6) is 0. The number of ether oxygens (including phenoxy) is 2. The molecule has 1 unspecified atom stereocenters. The van der Waals surface area contributed by atoms with Gasteiger partial charge in [-0.2, -0.15) is 0 Å². The molecule has 2 rings (SSSR count). The van der Waals surface area contributed by atoms with Crippen LogP contribution in [-0.2, 0) is 15.9 Å². The second-order valence-electron chi connectivity index (χ2n) is 5.52. The number of likely N-dealkylation sites (N-methyl/N-ethyl adjacent to an activating group) is 1. The van der Waals surface area contributed by atoms with E-state index in [0.717, 1.165) is 50.7 Å². The van der Waals surface area contributed by atoms with Gasteiger partial charge in [0.15, 0.2) is 0 Å². The first-order chi connectivity index (χ1) is 10.2. The van der Waals surface area contributed by atoms with E-state index in [1.54, 1.807) is 0 Å². The summed E-state index contributed by atoms with van der Waals surface area (Å²) in [6, 6.07) is 8.33. The predicted molar refractivity (Wildman–Crippen MR) is 87.0 cm³/mol. The molecule has 1 aromatic carbocycles. The lowest BCUT2D eigenvalue weighted by molar-refractivity contribution is -0.126. The molecule has 1 fully saturated rings. The monoisotopic (exact) mass is 311 g/mol. The van der Waals surface area contributed by atoms with Crippen LogP contribution in [0.5, 0.6) is 0 Å². The second kappa shape index (κ2) is 8.14. The molecule has 3 nitrogen and oxygen atoms in total. The average Bonchev–Trinajstić information content (AvgIpc) is 2.50. The lowest BCUT2D eigenvalue weighted by Gasteiger charge is -2.43. The summed E-state index contributed by atoms with van der Waals surface area (Å²) >= 11 is 6.34. The Morgan fingerprint density at radius 3 is 2.62 bits per heavy atom. The van der Waals surface area contributed by atoms with Crippen LogP contribution in [0.15, 0.2) is 24.3 Å². The van der Waals surface area contributed by atoms with Gasteiger partial charge in [0.2, 0.25) is 0 Å². The van der Waals surface area contributed by atoms with Crippen molar-refractivity contribution >= 4 is 11.6 Å². The van der Waals surface area contributed by atoms with Gasteiger partial charge < -0.3 is 14.8 Å². The number of benzene rings is 1. The summed E-state index contributed by atoms with van der Waals surface area (Å²) < 4.78 is 11.8. The van der Waals surface area contributed by atoms with Crippen LogP contribution in [0.2, 0.25) is 5.02 Å². The zero-order chi connectivity index (χ0) is 15.1. The number of hydrogen-bond donors (Lipinski definition) is 1. The molecule has 0 saturated carbocycles. The molecule has 1 heterocycles. The highest BCUT2D eigenvalue weighted by atomic mass is 35.5. The van der Waals surface area contributed by atoms with E-state index in [0.29, 0.717) is 0 Å². The number of halogens is 1. The van der Waals surface area contributed by atoms with Gasteiger partial charge in [-0.25, -0.2) is 0 Å². The van der Waals surface area contributed by atoms with Gasteiger partial charge in [0, 0.05) is 43.7 Å². The molecule has 21 heavy (non-hydrogen) atoms. The molecular formula is C17H26ClNO2. The van der Waals surface area contributed by atoms with Gasteiger partial charge in [0.25, 0.3) is 0 Å². The second-order valence-corrected chi connectivity index (χ2v) is 5.92. The molecule has 1 aliphatic rings. The van der Waals surface area contributed by atoms with E-state index in [-0.39, 0.29) is 11.6 Å². The van der Waals surface area contributed by atoms with Gasteiger partial charge in [-0.05, 0) is 31.5 Å². The predicted octanol–water partition coefficient (Wildman–Crippen LogP) is 3.45. The fourth-order valence-electron chi connectivity index (χ4n) is 3.17. The van der Waals surface area contributed by atoms with E-state index in [1.807, 2.05) is 18.2 Å². The van der Waals surface area contributed by atoms with E-state index in [2.05, 4.69) is 25.2 Å². The quantitative estimate of drug-likeness (QED) is 0.836. The molecule has 0 spiro atoms. The van der Waals surface area contributed by atoms with Crippen LogP contribution in [0.1, 0.15) is 32.3 Å². The van der Waals surface area contributed by atoms with Crippen LogP contribution in [0.3, 0.4) is 0 Å². The molecule has 0 aliphatic carbocycles. The molecule has 1 aromatic rings. The molecule has 0 radical (unpaired) electrons. The van der Waals surface area contributed by atoms with E-state index < -0.39 is 0 Å². The van der Waals surface area contributed by atoms with Crippen LogP contribution >= 0.6 is 11.6 Å². The molecular weight excluding hydrogens is 286 g/mol. The maximum atomic E-state index is 6.34. The van der Waals surface area contributed by atoms with Crippen LogP contribution in [-0.4, -0.2) is 38.0 Å². The number of nitrogens with one attached hydrogen (secondary N) is 1. The van der Waals surface area contributed by atoms with Crippen molar-refractivity contribution in [2.24, 2.45) is 0 Å². The van der Waals surface area contributed by atoms with Crippen molar-refractivity contribution in [2.75, 3.05) is 26.4 Å². The molecule has 1 aliphatic heterocycles. The Morgan fingerprint density at radius 2 is 2.00 bits per heavy atom. The van der Waals surface area contributed by atoms with Crippen LogP contribution in [0, 0.1) is 0 Å². The molecule has 0 bridgehead atoms. The zero-order valence-corrected chi connectivity index (χ0v) is 13.8. The minimum atomic E-state index is -0.151. The van der Waals surface area contributed by atoms with E-state index in [1.165, 1.54) is 5.56 Å². The third kappa shape index (κ3) is 4.19. The standard InChI is InChI=1S/C17H26ClNO2/c1-3-19-16(13-14-7-5-6-8-15(14)18)17(21-4-2)9-11-20-12-10-17/h5-8,16,19H,3-4,9-13H2,1-2H3. The van der Waals surface area contributed by atoms with Gasteiger partial charge in [-0.15, -0.1) is 0 Å². The van der Waals surface area contributed by atoms with Crippen molar-refractivity contribution < 1.29 is 9.47 Å². The molecule has 118 valence electrons. The van der Waals surface area contributed by atoms with Crippen molar-refractivity contribution in [3.8, 4) is 0 Å². The van der Waals surface area contributed by atoms with Crippen LogP contribution in [0.4, 0.5) is 0 Å². The zero-order valence-electron chi connectivity index (χ0n) is 13.0. The highest BCUT2D eigenvalue weighted by Crippen LogP contribution is 2.32. The Labute approximate surface area is 133 Å². The Morgan fingerprint density at radius 1 is 1.29 bits per heavy atom. The molecule has 1 atom stereocenters. The maximum Gasteiger partial charge on any atom is 0.0881 e. The van der Waals surface area contributed by atoms with Crippen molar-refractivity contribution in [1.82, 2.24) is 5.32 Å². The summed E-state index contributed by atoms with van der Waals surface area (Å²) in [6.45, 7) is 7.39. The summed E-state index contributed by atoms with van der Waals surface area (Å²) in [5.41, 5.74) is 1.03. The molecule has 0 aromatic heterocycles. The van der Waals surface area contributed by atoms with Gasteiger partial charge in [-0.3, -0.25) is 0 Å². The van der Waals surface area contributed by atoms with E-state index in [4.69, 9.17) is 21.1 Å². The molecule has 0 amide bonds.